The lowest BCUT2D eigenvalue weighted by Gasteiger charge is -2.08. The van der Waals surface area contributed by atoms with E-state index in [0.29, 0.717) is 27.9 Å². The lowest BCUT2D eigenvalue weighted by Crippen LogP contribution is -2.06. The van der Waals surface area contributed by atoms with Gasteiger partial charge in [-0.2, -0.15) is 0 Å². The third-order valence-electron chi connectivity index (χ3n) is 4.47. The molecule has 0 saturated carbocycles. The van der Waals surface area contributed by atoms with Gasteiger partial charge in [-0.05, 0) is 36.4 Å². The quantitative estimate of drug-likeness (QED) is 0.383. The number of ether oxygens (including phenoxy) is 2. The number of carbonyl (C=O) groups is 1. The van der Waals surface area contributed by atoms with Crippen molar-refractivity contribution in [3.05, 3.63) is 77.7 Å². The zero-order chi connectivity index (χ0) is 21.6. The van der Waals surface area contributed by atoms with E-state index in [2.05, 4.69) is 15.3 Å². The predicted octanol–water partition coefficient (Wildman–Crippen LogP) is 3.98. The fraction of sp³-hybridized carbons (Fsp3) is 0.136. The second-order valence-electron chi connectivity index (χ2n) is 6.59. The van der Waals surface area contributed by atoms with Crippen LogP contribution in [0.1, 0.15) is 15.2 Å². The summed E-state index contributed by atoms with van der Waals surface area (Å²) in [6, 6.07) is 14.5. The van der Waals surface area contributed by atoms with Crippen molar-refractivity contribution in [2.45, 2.75) is 6.54 Å². The first-order valence-corrected chi connectivity index (χ1v) is 10.3. The Morgan fingerprint density at radius 3 is 2.77 bits per heavy atom. The number of hydrogen-bond donors (Lipinski definition) is 2. The van der Waals surface area contributed by atoms with Gasteiger partial charge in [0.25, 0.3) is 0 Å². The number of benzene rings is 2. The summed E-state index contributed by atoms with van der Waals surface area (Å²) in [5.41, 5.74) is 7.32. The van der Waals surface area contributed by atoms with Crippen molar-refractivity contribution < 1.29 is 14.3 Å². The summed E-state index contributed by atoms with van der Waals surface area (Å²) >= 11 is 1.21. The molecule has 0 aliphatic carbocycles. The van der Waals surface area contributed by atoms with Crippen molar-refractivity contribution in [3.8, 4) is 11.5 Å². The third-order valence-corrected chi connectivity index (χ3v) is 5.46. The van der Waals surface area contributed by atoms with Crippen LogP contribution in [0.3, 0.4) is 0 Å². The Bertz CT molecular complexity index is 1160. The molecule has 0 aliphatic rings. The number of anilines is 3. The molecule has 9 heteroatoms. The first kappa shape index (κ1) is 20.4. The second-order valence-corrected chi connectivity index (χ2v) is 7.59. The molecule has 4 rings (SSSR count). The summed E-state index contributed by atoms with van der Waals surface area (Å²) in [6.45, 7) is 1.27. The maximum Gasteiger partial charge on any atom is 0.206 e. The van der Waals surface area contributed by atoms with Gasteiger partial charge in [-0.1, -0.05) is 23.5 Å². The number of rotatable bonds is 9. The van der Waals surface area contributed by atoms with Crippen molar-refractivity contribution in [3.63, 3.8) is 0 Å². The zero-order valence-electron chi connectivity index (χ0n) is 16.8. The molecular formula is C22H21N5O3S. The maximum atomic E-state index is 12.8. The van der Waals surface area contributed by atoms with Gasteiger partial charge in [0, 0.05) is 23.6 Å². The fourth-order valence-electron chi connectivity index (χ4n) is 2.89. The topological polar surface area (TPSA) is 104 Å². The number of thiazole rings is 1. The van der Waals surface area contributed by atoms with E-state index in [9.17, 15) is 4.79 Å². The van der Waals surface area contributed by atoms with Crippen molar-refractivity contribution in [2.75, 3.05) is 24.8 Å². The van der Waals surface area contributed by atoms with Crippen molar-refractivity contribution >= 4 is 33.8 Å². The van der Waals surface area contributed by atoms with Crippen molar-refractivity contribution in [1.29, 1.82) is 0 Å². The van der Waals surface area contributed by atoms with Gasteiger partial charge >= 0.3 is 0 Å². The van der Waals surface area contributed by atoms with E-state index in [1.165, 1.54) is 11.3 Å². The summed E-state index contributed by atoms with van der Waals surface area (Å²) in [6.07, 6.45) is 5.38. The molecular weight excluding hydrogens is 414 g/mol. The van der Waals surface area contributed by atoms with Crippen LogP contribution >= 0.6 is 11.3 Å². The van der Waals surface area contributed by atoms with Crippen molar-refractivity contribution in [2.24, 2.45) is 0 Å². The number of nitrogen functional groups attached to an aromatic ring is 1. The molecule has 2 aromatic carbocycles. The number of imidazole rings is 1. The van der Waals surface area contributed by atoms with E-state index < -0.39 is 0 Å². The monoisotopic (exact) mass is 435 g/mol. The average molecular weight is 436 g/mol. The molecule has 0 spiro atoms. The molecule has 2 heterocycles. The molecule has 0 amide bonds. The SMILES string of the molecule is COc1cccc(C(=O)c2sc(Nc3ccc(OCCn4ccnc4)cc3)nc2N)c1. The number of methoxy groups -OCH3 is 1. The molecule has 2 aromatic heterocycles. The van der Waals surface area contributed by atoms with Crippen LogP contribution < -0.4 is 20.5 Å². The summed E-state index contributed by atoms with van der Waals surface area (Å²) in [5, 5.41) is 3.72. The highest BCUT2D eigenvalue weighted by Gasteiger charge is 2.18. The highest BCUT2D eigenvalue weighted by Crippen LogP contribution is 2.30. The number of nitrogens with one attached hydrogen (secondary N) is 1. The number of aromatic nitrogens is 3. The van der Waals surface area contributed by atoms with Crippen LogP contribution in [0.25, 0.3) is 0 Å². The fourth-order valence-corrected chi connectivity index (χ4v) is 3.76. The highest BCUT2D eigenvalue weighted by atomic mass is 32.1. The number of hydrogen-bond acceptors (Lipinski definition) is 8. The van der Waals surface area contributed by atoms with E-state index in [1.807, 2.05) is 35.0 Å². The lowest BCUT2D eigenvalue weighted by atomic mass is 10.1. The van der Waals surface area contributed by atoms with Gasteiger partial charge in [0.2, 0.25) is 5.78 Å². The molecule has 4 aromatic rings. The first-order valence-electron chi connectivity index (χ1n) is 9.53. The Hall–Kier alpha value is -3.85. The van der Waals surface area contributed by atoms with Gasteiger partial charge in [0.15, 0.2) is 5.13 Å². The predicted molar refractivity (Wildman–Crippen MR) is 120 cm³/mol. The third kappa shape index (κ3) is 5.01. The Balaban J connectivity index is 1.38. The molecule has 8 nitrogen and oxygen atoms in total. The van der Waals surface area contributed by atoms with Gasteiger partial charge in [-0.3, -0.25) is 4.79 Å². The Morgan fingerprint density at radius 2 is 2.03 bits per heavy atom. The van der Waals surface area contributed by atoms with Gasteiger partial charge < -0.3 is 25.1 Å². The van der Waals surface area contributed by atoms with E-state index in [1.54, 1.807) is 43.9 Å². The van der Waals surface area contributed by atoms with Crippen LogP contribution in [0.5, 0.6) is 11.5 Å². The molecule has 0 atom stereocenters. The van der Waals surface area contributed by atoms with Crippen LogP contribution in [0.15, 0.2) is 67.3 Å². The molecule has 0 radical (unpaired) electrons. The molecule has 158 valence electrons. The Kier molecular flexibility index (Phi) is 6.13. The molecule has 0 fully saturated rings. The average Bonchev–Trinajstić information content (AvgIpc) is 3.44. The highest BCUT2D eigenvalue weighted by molar-refractivity contribution is 7.18. The molecule has 3 N–H and O–H groups in total. The number of carbonyl (C=O) groups excluding carboxylic acids is 1. The van der Waals surface area contributed by atoms with E-state index in [4.69, 9.17) is 15.2 Å². The summed E-state index contributed by atoms with van der Waals surface area (Å²) in [4.78, 5) is 21.5. The number of ketones is 1. The van der Waals surface area contributed by atoms with Crippen molar-refractivity contribution in [1.82, 2.24) is 14.5 Å². The Labute approximate surface area is 183 Å². The maximum absolute atomic E-state index is 12.8. The van der Waals surface area contributed by atoms with Crippen LogP contribution in [0.2, 0.25) is 0 Å². The minimum Gasteiger partial charge on any atom is -0.497 e. The van der Waals surface area contributed by atoms with Crippen LogP contribution in [-0.4, -0.2) is 34.0 Å². The summed E-state index contributed by atoms with van der Waals surface area (Å²) in [5.74, 6) is 1.38. The van der Waals surface area contributed by atoms with E-state index in [0.717, 1.165) is 18.0 Å². The molecule has 31 heavy (non-hydrogen) atoms. The van der Waals surface area contributed by atoms with Crippen LogP contribution in [0, 0.1) is 0 Å². The normalized spacial score (nSPS) is 10.6. The number of nitrogens with two attached hydrogens (primary N) is 1. The minimum absolute atomic E-state index is 0.191. The summed E-state index contributed by atoms with van der Waals surface area (Å²) in [7, 11) is 1.56. The minimum atomic E-state index is -0.191. The van der Waals surface area contributed by atoms with Gasteiger partial charge in [0.1, 0.15) is 28.8 Å². The zero-order valence-corrected chi connectivity index (χ0v) is 17.6. The van der Waals surface area contributed by atoms with Crippen LogP contribution in [-0.2, 0) is 6.54 Å². The largest absolute Gasteiger partial charge is 0.497 e. The number of nitrogens with zero attached hydrogens (tertiary/aromatic N) is 3. The van der Waals surface area contributed by atoms with Gasteiger partial charge in [-0.15, -0.1) is 0 Å². The summed E-state index contributed by atoms with van der Waals surface area (Å²) < 4.78 is 12.9. The standard InChI is InChI=1S/C22H21N5O3S/c1-29-18-4-2-3-15(13-18)19(28)20-21(23)26-22(31-20)25-16-5-7-17(8-6-16)30-12-11-27-10-9-24-14-27/h2-10,13-14H,11-12,23H2,1H3,(H,25,26). The smallest absolute Gasteiger partial charge is 0.206 e. The lowest BCUT2D eigenvalue weighted by molar-refractivity contribution is 0.104. The van der Waals surface area contributed by atoms with Crippen LogP contribution in [0.4, 0.5) is 16.6 Å². The Morgan fingerprint density at radius 1 is 1.19 bits per heavy atom. The van der Waals surface area contributed by atoms with E-state index >= 15 is 0 Å². The molecule has 0 unspecified atom stereocenters. The van der Waals surface area contributed by atoms with Gasteiger partial charge in [0.05, 0.1) is 20.0 Å². The van der Waals surface area contributed by atoms with Gasteiger partial charge in [-0.25, -0.2) is 9.97 Å². The molecule has 0 bridgehead atoms. The molecule has 0 aliphatic heterocycles. The molecule has 0 saturated heterocycles. The van der Waals surface area contributed by atoms with E-state index in [-0.39, 0.29) is 11.6 Å². The first-order chi connectivity index (χ1) is 15.1. The second kappa shape index (κ2) is 9.31.